The molecule has 1 aromatic rings. The van der Waals surface area contributed by atoms with Crippen LogP contribution >= 0.6 is 0 Å². The molecule has 0 heterocycles. The van der Waals surface area contributed by atoms with Crippen LogP contribution in [0, 0.1) is 0 Å². The van der Waals surface area contributed by atoms with Crippen molar-refractivity contribution in [1.29, 1.82) is 0 Å². The number of aryl methyl sites for hydroxylation is 1. The molecule has 0 bridgehead atoms. The minimum atomic E-state index is -0.256. The number of amides is 1. The summed E-state index contributed by atoms with van der Waals surface area (Å²) in [5, 5.41) is 0. The zero-order valence-corrected chi connectivity index (χ0v) is 8.82. The van der Waals surface area contributed by atoms with E-state index in [9.17, 15) is 4.79 Å². The van der Waals surface area contributed by atoms with Gasteiger partial charge in [-0.25, -0.2) is 5.48 Å². The molecular formula is C12H15NO2. The molecule has 0 aromatic heterocycles. The first-order valence-electron chi connectivity index (χ1n) is 4.79. The molecule has 0 saturated carbocycles. The molecule has 1 rings (SSSR count). The highest BCUT2D eigenvalue weighted by Crippen LogP contribution is 2.07. The fourth-order valence-electron chi connectivity index (χ4n) is 1.22. The van der Waals surface area contributed by atoms with E-state index in [2.05, 4.69) is 16.9 Å². The molecule has 0 atom stereocenters. The van der Waals surface area contributed by atoms with Gasteiger partial charge in [0.25, 0.3) is 5.91 Å². The van der Waals surface area contributed by atoms with Crippen molar-refractivity contribution >= 4 is 5.91 Å². The summed E-state index contributed by atoms with van der Waals surface area (Å²) in [5.41, 5.74) is 3.97. The van der Waals surface area contributed by atoms with Crippen molar-refractivity contribution in [1.82, 2.24) is 5.48 Å². The van der Waals surface area contributed by atoms with Crippen LogP contribution in [0.1, 0.15) is 12.0 Å². The number of carbonyl (C=O) groups excluding carboxylic acids is 1. The van der Waals surface area contributed by atoms with E-state index >= 15 is 0 Å². The summed E-state index contributed by atoms with van der Waals surface area (Å²) >= 11 is 0. The molecule has 3 nitrogen and oxygen atoms in total. The van der Waals surface area contributed by atoms with Crippen molar-refractivity contribution in [2.45, 2.75) is 12.8 Å². The molecule has 0 unspecified atom stereocenters. The molecule has 1 amide bonds. The average Bonchev–Trinajstić information content (AvgIpc) is 2.27. The zero-order valence-electron chi connectivity index (χ0n) is 8.82. The third kappa shape index (κ3) is 3.95. The second kappa shape index (κ2) is 5.98. The summed E-state index contributed by atoms with van der Waals surface area (Å²) in [6, 6.07) is 9.99. The Morgan fingerprint density at radius 3 is 2.67 bits per heavy atom. The van der Waals surface area contributed by atoms with Crippen LogP contribution in [-0.2, 0) is 16.1 Å². The van der Waals surface area contributed by atoms with E-state index in [1.807, 2.05) is 30.3 Å². The van der Waals surface area contributed by atoms with E-state index in [0.29, 0.717) is 12.0 Å². The van der Waals surface area contributed by atoms with Crippen molar-refractivity contribution in [2.75, 3.05) is 7.11 Å². The summed E-state index contributed by atoms with van der Waals surface area (Å²) in [5.74, 6) is -0.256. The maximum atomic E-state index is 11.2. The Morgan fingerprint density at radius 2 is 2.07 bits per heavy atom. The van der Waals surface area contributed by atoms with Gasteiger partial charge in [-0.1, -0.05) is 36.9 Å². The molecule has 0 radical (unpaired) electrons. The van der Waals surface area contributed by atoms with Crippen molar-refractivity contribution in [3.8, 4) is 0 Å². The normalized spacial score (nSPS) is 9.67. The molecule has 0 fully saturated rings. The molecule has 1 N–H and O–H groups in total. The summed E-state index contributed by atoms with van der Waals surface area (Å²) in [4.78, 5) is 15.7. The number of rotatable bonds is 5. The molecule has 0 aliphatic heterocycles. The van der Waals surface area contributed by atoms with Crippen molar-refractivity contribution in [3.05, 3.63) is 48.0 Å². The molecule has 1 aromatic carbocycles. The van der Waals surface area contributed by atoms with Crippen molar-refractivity contribution in [3.63, 3.8) is 0 Å². The molecular weight excluding hydrogens is 190 g/mol. The van der Waals surface area contributed by atoms with Gasteiger partial charge in [-0.15, -0.1) is 0 Å². The highest BCUT2D eigenvalue weighted by atomic mass is 16.6. The average molecular weight is 205 g/mol. The van der Waals surface area contributed by atoms with Crippen molar-refractivity contribution < 1.29 is 9.63 Å². The summed E-state index contributed by atoms with van der Waals surface area (Å²) in [6.45, 7) is 3.70. The lowest BCUT2D eigenvalue weighted by atomic mass is 10.1. The molecule has 15 heavy (non-hydrogen) atoms. The Bertz CT molecular complexity index is 333. The van der Waals surface area contributed by atoms with E-state index in [-0.39, 0.29) is 5.91 Å². The largest absolute Gasteiger partial charge is 0.277 e. The predicted octanol–water partition coefficient (Wildman–Crippen LogP) is 1.85. The van der Waals surface area contributed by atoms with Crippen LogP contribution in [0.2, 0.25) is 0 Å². The Hall–Kier alpha value is -1.61. The molecule has 0 saturated heterocycles. The van der Waals surface area contributed by atoms with Crippen LogP contribution in [0.5, 0.6) is 0 Å². The van der Waals surface area contributed by atoms with Crippen LogP contribution in [0.4, 0.5) is 0 Å². The van der Waals surface area contributed by atoms with E-state index in [1.54, 1.807) is 0 Å². The standard InChI is InChI=1S/C12H15NO2/c1-10(12(14)13-15-2)8-9-11-6-4-3-5-7-11/h3-7H,1,8-9H2,2H3,(H,13,14). The molecule has 80 valence electrons. The molecule has 0 spiro atoms. The summed E-state index contributed by atoms with van der Waals surface area (Å²) in [6.07, 6.45) is 1.45. The van der Waals surface area contributed by atoms with E-state index in [1.165, 1.54) is 12.7 Å². The summed E-state index contributed by atoms with van der Waals surface area (Å²) < 4.78 is 0. The Morgan fingerprint density at radius 1 is 1.40 bits per heavy atom. The fraction of sp³-hybridized carbons (Fsp3) is 0.250. The van der Waals surface area contributed by atoms with E-state index in [4.69, 9.17) is 0 Å². The fourth-order valence-corrected chi connectivity index (χ4v) is 1.22. The van der Waals surface area contributed by atoms with Gasteiger partial charge in [0.2, 0.25) is 0 Å². The first kappa shape index (κ1) is 11.5. The second-order valence-electron chi connectivity index (χ2n) is 3.22. The smallest absolute Gasteiger partial charge is 0.270 e. The summed E-state index contributed by atoms with van der Waals surface area (Å²) in [7, 11) is 1.41. The third-order valence-corrected chi connectivity index (χ3v) is 2.07. The molecule has 3 heteroatoms. The van der Waals surface area contributed by atoms with Gasteiger partial charge in [-0.3, -0.25) is 9.63 Å². The topological polar surface area (TPSA) is 38.3 Å². The predicted molar refractivity (Wildman–Crippen MR) is 59.1 cm³/mol. The van der Waals surface area contributed by atoms with Gasteiger partial charge >= 0.3 is 0 Å². The van der Waals surface area contributed by atoms with E-state index in [0.717, 1.165) is 6.42 Å². The highest BCUT2D eigenvalue weighted by molar-refractivity contribution is 5.91. The van der Waals surface area contributed by atoms with Crippen LogP contribution in [0.3, 0.4) is 0 Å². The van der Waals surface area contributed by atoms with Gasteiger partial charge in [0.1, 0.15) is 0 Å². The minimum absolute atomic E-state index is 0.256. The second-order valence-corrected chi connectivity index (χ2v) is 3.22. The number of nitrogens with one attached hydrogen (secondary N) is 1. The molecule has 0 aliphatic rings. The number of hydroxylamine groups is 1. The first-order chi connectivity index (χ1) is 7.24. The van der Waals surface area contributed by atoms with Gasteiger partial charge < -0.3 is 0 Å². The number of benzene rings is 1. The highest BCUT2D eigenvalue weighted by Gasteiger charge is 2.05. The zero-order chi connectivity index (χ0) is 11.1. The van der Waals surface area contributed by atoms with E-state index < -0.39 is 0 Å². The SMILES string of the molecule is C=C(CCc1ccccc1)C(=O)NOC. The number of hydrogen-bond acceptors (Lipinski definition) is 2. The lowest BCUT2D eigenvalue weighted by Crippen LogP contribution is -2.23. The minimum Gasteiger partial charge on any atom is -0.277 e. The monoisotopic (exact) mass is 205 g/mol. The van der Waals surface area contributed by atoms with Crippen molar-refractivity contribution in [2.24, 2.45) is 0 Å². The van der Waals surface area contributed by atoms with Gasteiger partial charge in [0.05, 0.1) is 7.11 Å². The Labute approximate surface area is 89.7 Å². The Kier molecular flexibility index (Phi) is 4.57. The quantitative estimate of drug-likeness (QED) is 0.588. The van der Waals surface area contributed by atoms with Crippen LogP contribution in [-0.4, -0.2) is 13.0 Å². The van der Waals surface area contributed by atoms with Gasteiger partial charge in [-0.05, 0) is 18.4 Å². The number of carbonyl (C=O) groups is 1. The van der Waals surface area contributed by atoms with Gasteiger partial charge in [-0.2, -0.15) is 0 Å². The van der Waals surface area contributed by atoms with Crippen LogP contribution < -0.4 is 5.48 Å². The maximum Gasteiger partial charge on any atom is 0.270 e. The van der Waals surface area contributed by atoms with Gasteiger partial charge in [0.15, 0.2) is 0 Å². The molecule has 0 aliphatic carbocycles. The lowest BCUT2D eigenvalue weighted by molar-refractivity contribution is -0.127. The van der Waals surface area contributed by atoms with Crippen LogP contribution in [0.25, 0.3) is 0 Å². The van der Waals surface area contributed by atoms with Gasteiger partial charge in [0, 0.05) is 5.57 Å². The number of hydrogen-bond donors (Lipinski definition) is 1. The first-order valence-corrected chi connectivity index (χ1v) is 4.79. The lowest BCUT2D eigenvalue weighted by Gasteiger charge is -2.05. The Balaban J connectivity index is 2.38. The maximum absolute atomic E-state index is 11.2. The van der Waals surface area contributed by atoms with Crippen LogP contribution in [0.15, 0.2) is 42.5 Å². The third-order valence-electron chi connectivity index (χ3n) is 2.07.